The lowest BCUT2D eigenvalue weighted by Crippen LogP contribution is -2.24. The quantitative estimate of drug-likeness (QED) is 0.690. The summed E-state index contributed by atoms with van der Waals surface area (Å²) >= 11 is 0. The molecule has 0 spiro atoms. The maximum absolute atomic E-state index is 12.1. The van der Waals surface area contributed by atoms with E-state index in [9.17, 15) is 4.79 Å². The Hall–Kier alpha value is -2.55. The van der Waals surface area contributed by atoms with Gasteiger partial charge in [-0.1, -0.05) is 42.5 Å². The molecule has 0 unspecified atom stereocenters. The summed E-state index contributed by atoms with van der Waals surface area (Å²) < 4.78 is 0. The van der Waals surface area contributed by atoms with Crippen molar-refractivity contribution in [2.45, 2.75) is 13.5 Å². The molecule has 0 aliphatic carbocycles. The number of hydrogen-bond acceptors (Lipinski definition) is 2. The van der Waals surface area contributed by atoms with E-state index < -0.39 is 0 Å². The van der Waals surface area contributed by atoms with E-state index in [1.165, 1.54) is 0 Å². The molecule has 0 bridgehead atoms. The third-order valence-corrected chi connectivity index (χ3v) is 3.36. The first-order valence-corrected chi connectivity index (χ1v) is 6.89. The number of rotatable bonds is 4. The van der Waals surface area contributed by atoms with E-state index in [0.717, 1.165) is 22.4 Å². The lowest BCUT2D eigenvalue weighted by atomic mass is 10.1. The Kier molecular flexibility index (Phi) is 4.77. The molecule has 0 aromatic heterocycles. The van der Waals surface area contributed by atoms with E-state index >= 15 is 0 Å². The van der Waals surface area contributed by atoms with Gasteiger partial charge < -0.3 is 10.6 Å². The number of benzene rings is 2. The summed E-state index contributed by atoms with van der Waals surface area (Å²) in [6, 6.07) is 15.7. The van der Waals surface area contributed by atoms with Crippen LogP contribution in [0.3, 0.4) is 0 Å². The number of aryl methyl sites for hydroxylation is 1. The summed E-state index contributed by atoms with van der Waals surface area (Å²) in [5, 5.41) is 0. The van der Waals surface area contributed by atoms with Gasteiger partial charge in [0.1, 0.15) is 0 Å². The lowest BCUT2D eigenvalue weighted by molar-refractivity contribution is -0.125. The van der Waals surface area contributed by atoms with Crippen molar-refractivity contribution in [2.24, 2.45) is 0 Å². The topological polar surface area (TPSA) is 46.3 Å². The molecule has 0 aliphatic heterocycles. The molecule has 2 N–H and O–H groups in total. The number of nitrogen functional groups attached to an aromatic ring is 1. The number of hydrogen-bond donors (Lipinski definition) is 1. The van der Waals surface area contributed by atoms with Crippen LogP contribution in [0.1, 0.15) is 16.7 Å². The van der Waals surface area contributed by atoms with Crippen LogP contribution in [0, 0.1) is 6.92 Å². The van der Waals surface area contributed by atoms with Crippen molar-refractivity contribution in [3.8, 4) is 0 Å². The standard InChI is InChI=1S/C18H20N2O/c1-14-8-9-15(12-17(14)19)10-11-18(21)20(2)13-16-6-4-3-5-7-16/h3-12H,13,19H2,1-2H3/b11-10+. The summed E-state index contributed by atoms with van der Waals surface area (Å²) in [5.74, 6) is -0.0296. The van der Waals surface area contributed by atoms with Crippen LogP contribution in [0.15, 0.2) is 54.6 Å². The van der Waals surface area contributed by atoms with Gasteiger partial charge in [0, 0.05) is 25.4 Å². The number of carbonyl (C=O) groups excluding carboxylic acids is 1. The van der Waals surface area contributed by atoms with Crippen LogP contribution in [0.5, 0.6) is 0 Å². The van der Waals surface area contributed by atoms with Crippen LogP contribution in [-0.2, 0) is 11.3 Å². The lowest BCUT2D eigenvalue weighted by Gasteiger charge is -2.15. The number of likely N-dealkylation sites (N-methyl/N-ethyl adjacent to an activating group) is 1. The van der Waals surface area contributed by atoms with E-state index in [4.69, 9.17) is 5.73 Å². The number of nitrogens with zero attached hydrogens (tertiary/aromatic N) is 1. The van der Waals surface area contributed by atoms with Gasteiger partial charge in [-0.15, -0.1) is 0 Å². The predicted molar refractivity (Wildman–Crippen MR) is 87.5 cm³/mol. The van der Waals surface area contributed by atoms with Gasteiger partial charge in [0.05, 0.1) is 0 Å². The third kappa shape index (κ3) is 4.21. The minimum Gasteiger partial charge on any atom is -0.398 e. The monoisotopic (exact) mass is 280 g/mol. The summed E-state index contributed by atoms with van der Waals surface area (Å²) in [5.41, 5.74) is 9.68. The maximum atomic E-state index is 12.1. The molecule has 0 heterocycles. The van der Waals surface area contributed by atoms with E-state index in [1.54, 1.807) is 24.1 Å². The minimum atomic E-state index is -0.0296. The molecule has 2 aromatic carbocycles. The Morgan fingerprint density at radius 1 is 1.19 bits per heavy atom. The van der Waals surface area contributed by atoms with Crippen LogP contribution in [0.25, 0.3) is 6.08 Å². The largest absolute Gasteiger partial charge is 0.398 e. The highest BCUT2D eigenvalue weighted by Gasteiger charge is 2.05. The van der Waals surface area contributed by atoms with Crippen LogP contribution in [0.4, 0.5) is 5.69 Å². The highest BCUT2D eigenvalue weighted by atomic mass is 16.2. The highest BCUT2D eigenvalue weighted by molar-refractivity contribution is 5.91. The van der Waals surface area contributed by atoms with Crippen molar-refractivity contribution in [3.63, 3.8) is 0 Å². The van der Waals surface area contributed by atoms with Crippen LogP contribution in [0.2, 0.25) is 0 Å². The van der Waals surface area contributed by atoms with Crippen LogP contribution >= 0.6 is 0 Å². The van der Waals surface area contributed by atoms with Gasteiger partial charge in [-0.2, -0.15) is 0 Å². The molecule has 3 heteroatoms. The molecule has 0 atom stereocenters. The SMILES string of the molecule is Cc1ccc(/C=C/C(=O)N(C)Cc2ccccc2)cc1N. The second-order valence-electron chi connectivity index (χ2n) is 5.13. The fraction of sp³-hybridized carbons (Fsp3) is 0.167. The third-order valence-electron chi connectivity index (χ3n) is 3.36. The second kappa shape index (κ2) is 6.75. The highest BCUT2D eigenvalue weighted by Crippen LogP contribution is 2.14. The van der Waals surface area contributed by atoms with Crippen molar-refractivity contribution < 1.29 is 4.79 Å². The van der Waals surface area contributed by atoms with Crippen molar-refractivity contribution in [2.75, 3.05) is 12.8 Å². The molecule has 0 saturated heterocycles. The van der Waals surface area contributed by atoms with Gasteiger partial charge in [-0.05, 0) is 35.8 Å². The molecule has 3 nitrogen and oxygen atoms in total. The van der Waals surface area contributed by atoms with Gasteiger partial charge in [-0.25, -0.2) is 0 Å². The Morgan fingerprint density at radius 3 is 2.57 bits per heavy atom. The molecule has 2 rings (SSSR count). The van der Waals surface area contributed by atoms with Crippen molar-refractivity contribution in [3.05, 3.63) is 71.3 Å². The number of carbonyl (C=O) groups is 1. The Bertz CT molecular complexity index is 648. The van der Waals surface area contributed by atoms with Crippen molar-refractivity contribution >= 4 is 17.7 Å². The van der Waals surface area contributed by atoms with Crippen LogP contribution in [-0.4, -0.2) is 17.9 Å². The van der Waals surface area contributed by atoms with Crippen molar-refractivity contribution in [1.82, 2.24) is 4.90 Å². The second-order valence-corrected chi connectivity index (χ2v) is 5.13. The fourth-order valence-electron chi connectivity index (χ4n) is 1.99. The molecule has 0 aliphatic rings. The van der Waals surface area contributed by atoms with E-state index in [2.05, 4.69) is 0 Å². The summed E-state index contributed by atoms with van der Waals surface area (Å²) in [6.45, 7) is 2.56. The first-order chi connectivity index (χ1) is 10.1. The predicted octanol–water partition coefficient (Wildman–Crippen LogP) is 3.25. The van der Waals surface area contributed by atoms with Gasteiger partial charge >= 0.3 is 0 Å². The summed E-state index contributed by atoms with van der Waals surface area (Å²) in [4.78, 5) is 13.8. The van der Waals surface area contributed by atoms with E-state index in [1.807, 2.05) is 55.5 Å². The Labute approximate surface area is 125 Å². The van der Waals surface area contributed by atoms with E-state index in [0.29, 0.717) is 6.54 Å². The number of anilines is 1. The first-order valence-electron chi connectivity index (χ1n) is 6.89. The zero-order valence-electron chi connectivity index (χ0n) is 12.4. The Balaban J connectivity index is 1.99. The number of nitrogens with two attached hydrogens (primary N) is 1. The van der Waals surface area contributed by atoms with Gasteiger partial charge in [0.25, 0.3) is 0 Å². The summed E-state index contributed by atoms with van der Waals surface area (Å²) in [7, 11) is 1.79. The molecule has 108 valence electrons. The Morgan fingerprint density at radius 2 is 1.90 bits per heavy atom. The molecule has 0 fully saturated rings. The minimum absolute atomic E-state index is 0.0296. The molecule has 2 aromatic rings. The average Bonchev–Trinajstić information content (AvgIpc) is 2.49. The average molecular weight is 280 g/mol. The van der Waals surface area contributed by atoms with Crippen molar-refractivity contribution in [1.29, 1.82) is 0 Å². The summed E-state index contributed by atoms with van der Waals surface area (Å²) in [6.07, 6.45) is 3.37. The molecule has 0 saturated carbocycles. The van der Waals surface area contributed by atoms with Crippen LogP contribution < -0.4 is 5.73 Å². The molecular formula is C18H20N2O. The molecule has 21 heavy (non-hydrogen) atoms. The van der Waals surface area contributed by atoms with Gasteiger partial charge in [-0.3, -0.25) is 4.79 Å². The normalized spacial score (nSPS) is 10.8. The fourth-order valence-corrected chi connectivity index (χ4v) is 1.99. The van der Waals surface area contributed by atoms with E-state index in [-0.39, 0.29) is 5.91 Å². The zero-order valence-corrected chi connectivity index (χ0v) is 12.4. The van der Waals surface area contributed by atoms with Gasteiger partial charge in [0.15, 0.2) is 0 Å². The smallest absolute Gasteiger partial charge is 0.246 e. The molecular weight excluding hydrogens is 260 g/mol. The number of amides is 1. The van der Waals surface area contributed by atoms with Gasteiger partial charge in [0.2, 0.25) is 5.91 Å². The zero-order chi connectivity index (χ0) is 15.2. The molecule has 1 amide bonds. The maximum Gasteiger partial charge on any atom is 0.246 e. The molecule has 0 radical (unpaired) electrons. The first kappa shape index (κ1) is 14.9.